The predicted molar refractivity (Wildman–Crippen MR) is 120 cm³/mol. The molecule has 0 fully saturated rings. The van der Waals surface area contributed by atoms with Gasteiger partial charge in [-0.05, 0) is 29.1 Å². The van der Waals surface area contributed by atoms with Crippen molar-refractivity contribution in [2.75, 3.05) is 6.54 Å². The van der Waals surface area contributed by atoms with Crippen LogP contribution < -0.4 is 5.56 Å². The van der Waals surface area contributed by atoms with Crippen LogP contribution in [0, 0.1) is 11.3 Å². The number of thiophene rings is 2. The molecule has 0 atom stereocenters. The molecule has 0 radical (unpaired) electrons. The minimum absolute atomic E-state index is 0.312. The molecule has 4 rings (SSSR count). The Morgan fingerprint density at radius 3 is 2.58 bits per heavy atom. The lowest BCUT2D eigenvalue weighted by molar-refractivity contribution is -0.162. The van der Waals surface area contributed by atoms with Crippen LogP contribution in [0.3, 0.4) is 0 Å². The molecule has 0 aliphatic rings. The normalized spacial score (nSPS) is 11.5. The Bertz CT molecular complexity index is 1380. The number of aromatic nitrogens is 2. The summed E-state index contributed by atoms with van der Waals surface area (Å²) < 4.78 is 40.5. The van der Waals surface area contributed by atoms with E-state index in [1.54, 1.807) is 5.38 Å². The highest BCUT2D eigenvalue weighted by atomic mass is 32.1. The Balaban J connectivity index is 1.63. The first-order valence-electron chi connectivity index (χ1n) is 9.59. The van der Waals surface area contributed by atoms with E-state index in [-0.39, 0.29) is 6.54 Å². The summed E-state index contributed by atoms with van der Waals surface area (Å²) in [6.45, 7) is -2.35. The summed E-state index contributed by atoms with van der Waals surface area (Å²) in [5, 5.41) is 12.9. The van der Waals surface area contributed by atoms with Gasteiger partial charge in [-0.1, -0.05) is 18.2 Å². The minimum atomic E-state index is -4.62. The summed E-state index contributed by atoms with van der Waals surface area (Å²) in [5.41, 5.74) is 0.999. The van der Waals surface area contributed by atoms with Crippen molar-refractivity contribution in [2.24, 2.45) is 0 Å². The monoisotopic (exact) mass is 488 g/mol. The molecular weight excluding hydrogens is 473 g/mol. The zero-order valence-corrected chi connectivity index (χ0v) is 18.5. The van der Waals surface area contributed by atoms with E-state index in [1.165, 1.54) is 53.3 Å². The molecule has 6 nitrogen and oxygen atoms in total. The highest BCUT2D eigenvalue weighted by Gasteiger charge is 2.33. The largest absolute Gasteiger partial charge is 0.406 e. The lowest BCUT2D eigenvalue weighted by Crippen LogP contribution is -2.41. The molecule has 1 aromatic carbocycles. The standard InChI is InChI=1S/C22H15F3N4O2S2/c23-22(24,25)12-28(9-15-5-3-14(8-26)4-6-15)18(30)10-29-13-27-20-19(21(29)31)16(11-33-20)17-2-1-7-32-17/h1-7,11,13H,9-10,12H2. The molecule has 1 amide bonds. The molecule has 3 aromatic heterocycles. The van der Waals surface area contributed by atoms with Crippen molar-refractivity contribution in [2.45, 2.75) is 19.3 Å². The van der Waals surface area contributed by atoms with E-state index in [0.717, 1.165) is 9.44 Å². The van der Waals surface area contributed by atoms with Gasteiger partial charge in [0.1, 0.15) is 17.9 Å². The summed E-state index contributed by atoms with van der Waals surface area (Å²) >= 11 is 2.74. The van der Waals surface area contributed by atoms with Crippen molar-refractivity contribution in [1.29, 1.82) is 5.26 Å². The van der Waals surface area contributed by atoms with Crippen molar-refractivity contribution in [3.05, 3.63) is 75.0 Å². The van der Waals surface area contributed by atoms with E-state index >= 15 is 0 Å². The molecular formula is C22H15F3N4O2S2. The third-order valence-electron chi connectivity index (χ3n) is 4.83. The molecule has 33 heavy (non-hydrogen) atoms. The number of amides is 1. The second kappa shape index (κ2) is 9.17. The second-order valence-corrected chi connectivity index (χ2v) is 8.96. The van der Waals surface area contributed by atoms with E-state index in [2.05, 4.69) is 4.98 Å². The molecule has 0 spiro atoms. The van der Waals surface area contributed by atoms with Gasteiger partial charge in [-0.15, -0.1) is 22.7 Å². The van der Waals surface area contributed by atoms with E-state index in [4.69, 9.17) is 5.26 Å². The third-order valence-corrected chi connectivity index (χ3v) is 6.62. The Morgan fingerprint density at radius 2 is 1.94 bits per heavy atom. The van der Waals surface area contributed by atoms with Crippen LogP contribution in [0.2, 0.25) is 0 Å². The summed E-state index contributed by atoms with van der Waals surface area (Å²) in [4.78, 5) is 32.2. The molecule has 0 unspecified atom stereocenters. The maximum atomic E-state index is 13.2. The van der Waals surface area contributed by atoms with Crippen LogP contribution in [0.25, 0.3) is 20.7 Å². The van der Waals surface area contributed by atoms with Crippen LogP contribution >= 0.6 is 22.7 Å². The topological polar surface area (TPSA) is 79.0 Å². The van der Waals surface area contributed by atoms with Crippen molar-refractivity contribution < 1.29 is 18.0 Å². The van der Waals surface area contributed by atoms with Gasteiger partial charge in [-0.3, -0.25) is 14.2 Å². The van der Waals surface area contributed by atoms with Gasteiger partial charge >= 0.3 is 6.18 Å². The van der Waals surface area contributed by atoms with E-state index < -0.39 is 30.7 Å². The zero-order chi connectivity index (χ0) is 23.6. The number of rotatable bonds is 6. The molecule has 0 bridgehead atoms. The first-order chi connectivity index (χ1) is 15.7. The summed E-state index contributed by atoms with van der Waals surface area (Å²) in [6, 6.07) is 11.6. The number of fused-ring (bicyclic) bond motifs is 1. The molecule has 168 valence electrons. The minimum Gasteiger partial charge on any atom is -0.328 e. The van der Waals surface area contributed by atoms with Crippen molar-refractivity contribution in [3.63, 3.8) is 0 Å². The number of nitriles is 1. The van der Waals surface area contributed by atoms with Crippen LogP contribution in [-0.4, -0.2) is 33.1 Å². The van der Waals surface area contributed by atoms with Gasteiger partial charge in [0.05, 0.1) is 23.3 Å². The molecule has 4 aromatic rings. The van der Waals surface area contributed by atoms with Crippen LogP contribution in [-0.2, 0) is 17.9 Å². The molecule has 0 saturated heterocycles. The zero-order valence-electron chi connectivity index (χ0n) is 16.9. The Morgan fingerprint density at radius 1 is 1.18 bits per heavy atom. The Hall–Kier alpha value is -3.49. The van der Waals surface area contributed by atoms with Gasteiger partial charge in [0.25, 0.3) is 5.56 Å². The third kappa shape index (κ3) is 5.13. The number of carbonyl (C=O) groups excluding carboxylic acids is 1. The fraction of sp³-hybridized carbons (Fsp3) is 0.182. The smallest absolute Gasteiger partial charge is 0.328 e. The quantitative estimate of drug-likeness (QED) is 0.396. The maximum absolute atomic E-state index is 13.2. The first kappa shape index (κ1) is 22.7. The lowest BCUT2D eigenvalue weighted by Gasteiger charge is -2.24. The molecule has 0 aliphatic carbocycles. The van der Waals surface area contributed by atoms with Gasteiger partial charge in [-0.25, -0.2) is 4.98 Å². The van der Waals surface area contributed by atoms with E-state index in [1.807, 2.05) is 23.6 Å². The van der Waals surface area contributed by atoms with Crippen molar-refractivity contribution in [3.8, 4) is 16.5 Å². The number of hydrogen-bond donors (Lipinski definition) is 0. The van der Waals surface area contributed by atoms with Crippen molar-refractivity contribution in [1.82, 2.24) is 14.5 Å². The number of carbonyl (C=O) groups is 1. The van der Waals surface area contributed by atoms with Crippen LogP contribution in [0.5, 0.6) is 0 Å². The number of benzene rings is 1. The molecule has 3 heterocycles. The SMILES string of the molecule is N#Cc1ccc(CN(CC(F)(F)F)C(=O)Cn2cnc3scc(-c4cccs4)c3c2=O)cc1. The Kier molecular flexibility index (Phi) is 6.31. The highest BCUT2D eigenvalue weighted by Crippen LogP contribution is 2.33. The number of nitrogens with zero attached hydrogens (tertiary/aromatic N) is 4. The van der Waals surface area contributed by atoms with E-state index in [9.17, 15) is 22.8 Å². The highest BCUT2D eigenvalue weighted by molar-refractivity contribution is 7.18. The van der Waals surface area contributed by atoms with Gasteiger partial charge in [0, 0.05) is 22.4 Å². The number of hydrogen-bond acceptors (Lipinski definition) is 6. The second-order valence-electron chi connectivity index (χ2n) is 7.16. The molecule has 11 heteroatoms. The van der Waals surface area contributed by atoms with Crippen LogP contribution in [0.15, 0.2) is 58.3 Å². The van der Waals surface area contributed by atoms with Crippen molar-refractivity contribution >= 4 is 38.8 Å². The first-order valence-corrected chi connectivity index (χ1v) is 11.3. The maximum Gasteiger partial charge on any atom is 0.406 e. The molecule has 0 N–H and O–H groups in total. The average Bonchev–Trinajstić information content (AvgIpc) is 3.44. The Labute approximate surface area is 193 Å². The molecule has 0 saturated carbocycles. The predicted octanol–water partition coefficient (Wildman–Crippen LogP) is 4.65. The van der Waals surface area contributed by atoms with E-state index in [0.29, 0.717) is 31.8 Å². The van der Waals surface area contributed by atoms with Crippen LogP contribution in [0.4, 0.5) is 13.2 Å². The van der Waals surface area contributed by atoms with Crippen LogP contribution in [0.1, 0.15) is 11.1 Å². The van der Waals surface area contributed by atoms with Gasteiger partial charge in [-0.2, -0.15) is 18.4 Å². The number of alkyl halides is 3. The number of halogens is 3. The van der Waals surface area contributed by atoms with Gasteiger partial charge in [0.2, 0.25) is 5.91 Å². The lowest BCUT2D eigenvalue weighted by atomic mass is 10.1. The molecule has 0 aliphatic heterocycles. The summed E-state index contributed by atoms with van der Waals surface area (Å²) in [5.74, 6) is -0.868. The fourth-order valence-corrected chi connectivity index (χ4v) is 5.01. The average molecular weight is 489 g/mol. The summed E-state index contributed by atoms with van der Waals surface area (Å²) in [6.07, 6.45) is -3.43. The van der Waals surface area contributed by atoms with Gasteiger partial charge in [0.15, 0.2) is 0 Å². The fourth-order valence-electron chi connectivity index (χ4n) is 3.29. The van der Waals surface area contributed by atoms with Gasteiger partial charge < -0.3 is 4.90 Å². The summed E-state index contributed by atoms with van der Waals surface area (Å²) in [7, 11) is 0.